The van der Waals surface area contributed by atoms with Gasteiger partial charge in [-0.2, -0.15) is 0 Å². The zero-order valence-electron chi connectivity index (χ0n) is 39.6. The van der Waals surface area contributed by atoms with Gasteiger partial charge in [-0.25, -0.2) is 0 Å². The maximum absolute atomic E-state index is 2.49. The van der Waals surface area contributed by atoms with Gasteiger partial charge in [-0.15, -0.1) is 0 Å². The van der Waals surface area contributed by atoms with Crippen molar-refractivity contribution in [2.75, 3.05) is 0 Å². The van der Waals surface area contributed by atoms with Gasteiger partial charge in [-0.05, 0) is 138 Å². The first-order chi connectivity index (χ1) is 35.8. The molecule has 0 unspecified atom stereocenters. The number of benzene rings is 13. The Morgan fingerprint density at radius 1 is 0.194 bits per heavy atom. The largest absolute Gasteiger partial charge is 0.0713 e. The van der Waals surface area contributed by atoms with Crippen molar-refractivity contribution in [2.24, 2.45) is 0 Å². The van der Waals surface area contributed by atoms with E-state index in [4.69, 9.17) is 0 Å². The van der Waals surface area contributed by atoms with Gasteiger partial charge in [0.15, 0.2) is 0 Å². The molecule has 72 heavy (non-hydrogen) atoms. The third kappa shape index (κ3) is 5.41. The Bertz CT molecular complexity index is 3940. The average Bonchev–Trinajstić information content (AvgIpc) is 3.47. The molecule has 0 fully saturated rings. The molecule has 0 bridgehead atoms. The number of hydrogen-bond acceptors (Lipinski definition) is 0. The lowest BCUT2D eigenvalue weighted by Gasteiger charge is -2.42. The zero-order valence-corrected chi connectivity index (χ0v) is 39.6. The van der Waals surface area contributed by atoms with E-state index in [1.165, 1.54) is 132 Å². The fourth-order valence-corrected chi connectivity index (χ4v) is 13.8. The molecule has 2 aliphatic rings. The van der Waals surface area contributed by atoms with Gasteiger partial charge in [0.25, 0.3) is 0 Å². The number of rotatable bonds is 6. The second-order valence-corrected chi connectivity index (χ2v) is 19.7. The smallest absolute Gasteiger partial charge is 0.0622 e. The Balaban J connectivity index is 1.05. The maximum Gasteiger partial charge on any atom is 0.0713 e. The van der Waals surface area contributed by atoms with Crippen molar-refractivity contribution in [1.29, 1.82) is 0 Å². The molecule has 0 heteroatoms. The normalized spacial score (nSPS) is 13.8. The summed E-state index contributed by atoms with van der Waals surface area (Å²) in [7, 11) is 0. The van der Waals surface area contributed by atoms with E-state index in [2.05, 4.69) is 279 Å². The highest BCUT2D eigenvalue weighted by atomic mass is 14.5. The second-order valence-electron chi connectivity index (χ2n) is 19.7. The van der Waals surface area contributed by atoms with Crippen LogP contribution < -0.4 is 0 Å². The Hall–Kier alpha value is -9.10. The SMILES string of the molecule is c1ccc(C2(c3ccccc3)c3ccccc3-c3c4ccccc4c(-c4cccc(-c5c6ccccc6c6c7c(cccc57)C(c5ccccc5)(c5ccccc5)c5ccccc5-6)c4)c4cccc2c34)cc1. The lowest BCUT2D eigenvalue weighted by atomic mass is 9.59. The van der Waals surface area contributed by atoms with Gasteiger partial charge in [-0.1, -0.05) is 273 Å². The van der Waals surface area contributed by atoms with Crippen molar-refractivity contribution in [1.82, 2.24) is 0 Å². The molecule has 334 valence electrons. The highest BCUT2D eigenvalue weighted by Gasteiger charge is 2.46. The van der Waals surface area contributed by atoms with Crippen LogP contribution in [0.3, 0.4) is 0 Å². The van der Waals surface area contributed by atoms with Gasteiger partial charge in [-0.3, -0.25) is 0 Å². The zero-order chi connectivity index (χ0) is 47.4. The first-order valence-electron chi connectivity index (χ1n) is 25.3. The summed E-state index contributed by atoms with van der Waals surface area (Å²) in [6, 6.07) is 105. The lowest BCUT2D eigenvalue weighted by molar-refractivity contribution is 0.750. The predicted molar refractivity (Wildman–Crippen MR) is 302 cm³/mol. The molecule has 13 aromatic carbocycles. The first kappa shape index (κ1) is 40.8. The van der Waals surface area contributed by atoms with Crippen LogP contribution in [0.1, 0.15) is 44.5 Å². The molecular weight excluding hydrogens is 865 g/mol. The fourth-order valence-electron chi connectivity index (χ4n) is 13.8. The van der Waals surface area contributed by atoms with Crippen LogP contribution >= 0.6 is 0 Å². The number of hydrogen-bond donors (Lipinski definition) is 0. The lowest BCUT2D eigenvalue weighted by Crippen LogP contribution is -2.34. The second kappa shape index (κ2) is 15.7. The summed E-state index contributed by atoms with van der Waals surface area (Å²) < 4.78 is 0. The van der Waals surface area contributed by atoms with Crippen molar-refractivity contribution in [3.05, 3.63) is 324 Å². The topological polar surface area (TPSA) is 0 Å². The van der Waals surface area contributed by atoms with Crippen LogP contribution in [0.25, 0.3) is 87.6 Å². The minimum Gasteiger partial charge on any atom is -0.0622 e. The molecule has 2 aliphatic carbocycles. The Morgan fingerprint density at radius 3 is 0.847 bits per heavy atom. The van der Waals surface area contributed by atoms with Gasteiger partial charge in [0.1, 0.15) is 0 Å². The maximum atomic E-state index is 2.49. The van der Waals surface area contributed by atoms with E-state index in [0.29, 0.717) is 0 Å². The Morgan fingerprint density at radius 2 is 0.472 bits per heavy atom. The molecule has 0 N–H and O–H groups in total. The summed E-state index contributed by atoms with van der Waals surface area (Å²) in [5.41, 5.74) is 19.3. The van der Waals surface area contributed by atoms with Crippen molar-refractivity contribution in [3.8, 4) is 44.5 Å². The molecule has 13 aromatic rings. The van der Waals surface area contributed by atoms with E-state index < -0.39 is 10.8 Å². The third-order valence-corrected chi connectivity index (χ3v) is 16.4. The summed E-state index contributed by atoms with van der Waals surface area (Å²) in [5, 5.41) is 10.2. The van der Waals surface area contributed by atoms with Crippen LogP contribution in [0.2, 0.25) is 0 Å². The quantitative estimate of drug-likeness (QED) is 0.146. The third-order valence-electron chi connectivity index (χ3n) is 16.4. The van der Waals surface area contributed by atoms with E-state index in [1.54, 1.807) is 0 Å². The molecular formula is C72H46. The molecule has 0 spiro atoms. The van der Waals surface area contributed by atoms with E-state index in [0.717, 1.165) is 0 Å². The molecule has 0 radical (unpaired) electrons. The highest BCUT2D eigenvalue weighted by molar-refractivity contribution is 6.26. The van der Waals surface area contributed by atoms with Crippen molar-refractivity contribution < 1.29 is 0 Å². The molecule has 0 nitrogen and oxygen atoms in total. The summed E-state index contributed by atoms with van der Waals surface area (Å²) in [5.74, 6) is 0. The van der Waals surface area contributed by atoms with Crippen molar-refractivity contribution in [2.45, 2.75) is 10.8 Å². The molecule has 0 saturated heterocycles. The summed E-state index contributed by atoms with van der Waals surface area (Å²) in [6.45, 7) is 0. The van der Waals surface area contributed by atoms with Gasteiger partial charge < -0.3 is 0 Å². The van der Waals surface area contributed by atoms with Gasteiger partial charge in [0.05, 0.1) is 10.8 Å². The standard InChI is InChI=1S/C72H46/c1-5-26-49(27-6-1)71(50-28-7-2-8-29-50)61-42-19-17-38-57(61)67-55-36-15-13-34-53(55)65(59-40-22-44-63(71)69(59)67)47-24-21-25-48(46-47)66-54-35-14-16-37-56(54)68-58-39-18-20-43-62(58)72(51-30-9-3-10-31-51,52-32-11-4-12-33-52)64-45-23-41-60(66)70(64)68/h1-46H. The minimum atomic E-state index is -0.553. The van der Waals surface area contributed by atoms with E-state index >= 15 is 0 Å². The van der Waals surface area contributed by atoms with Crippen LogP contribution in [0.4, 0.5) is 0 Å². The van der Waals surface area contributed by atoms with Crippen LogP contribution in [-0.2, 0) is 10.8 Å². The first-order valence-corrected chi connectivity index (χ1v) is 25.3. The fraction of sp³-hybridized carbons (Fsp3) is 0.0278. The van der Waals surface area contributed by atoms with Gasteiger partial charge >= 0.3 is 0 Å². The summed E-state index contributed by atoms with van der Waals surface area (Å²) in [6.07, 6.45) is 0. The van der Waals surface area contributed by atoms with E-state index in [-0.39, 0.29) is 0 Å². The van der Waals surface area contributed by atoms with Crippen molar-refractivity contribution >= 4 is 43.1 Å². The monoisotopic (exact) mass is 910 g/mol. The molecule has 0 heterocycles. The van der Waals surface area contributed by atoms with E-state index in [1.807, 2.05) is 0 Å². The van der Waals surface area contributed by atoms with Crippen molar-refractivity contribution in [3.63, 3.8) is 0 Å². The molecule has 15 rings (SSSR count). The van der Waals surface area contributed by atoms with Gasteiger partial charge in [0.2, 0.25) is 0 Å². The van der Waals surface area contributed by atoms with Crippen LogP contribution in [0.15, 0.2) is 279 Å². The molecule has 0 aliphatic heterocycles. The minimum absolute atomic E-state index is 0.553. The highest BCUT2D eigenvalue weighted by Crippen LogP contribution is 2.60. The van der Waals surface area contributed by atoms with Gasteiger partial charge in [0, 0.05) is 0 Å². The average molecular weight is 911 g/mol. The molecule has 0 aromatic heterocycles. The van der Waals surface area contributed by atoms with Crippen LogP contribution in [-0.4, -0.2) is 0 Å². The Kier molecular flexibility index (Phi) is 8.89. The van der Waals surface area contributed by atoms with E-state index in [9.17, 15) is 0 Å². The summed E-state index contributed by atoms with van der Waals surface area (Å²) in [4.78, 5) is 0. The van der Waals surface area contributed by atoms with Crippen LogP contribution in [0, 0.1) is 0 Å². The Labute approximate surface area is 419 Å². The summed E-state index contributed by atoms with van der Waals surface area (Å²) >= 11 is 0. The predicted octanol–water partition coefficient (Wildman–Crippen LogP) is 18.4. The number of fused-ring (bicyclic) bond motifs is 8. The molecule has 0 amide bonds. The van der Waals surface area contributed by atoms with Crippen LogP contribution in [0.5, 0.6) is 0 Å². The molecule has 0 saturated carbocycles. The molecule has 0 atom stereocenters.